The molecule has 0 aromatic carbocycles. The van der Waals surface area contributed by atoms with E-state index in [4.69, 9.17) is 0 Å². The van der Waals surface area contributed by atoms with Gasteiger partial charge in [-0.15, -0.1) is 0 Å². The van der Waals surface area contributed by atoms with E-state index in [9.17, 15) is 0 Å². The third kappa shape index (κ3) is 5.16. The summed E-state index contributed by atoms with van der Waals surface area (Å²) in [5, 5.41) is 0. The van der Waals surface area contributed by atoms with Crippen LogP contribution >= 0.6 is 0 Å². The maximum Gasteiger partial charge on any atom is 0.0658 e. The Morgan fingerprint density at radius 2 is 1.03 bits per heavy atom. The minimum absolute atomic E-state index is 0. The zero-order valence-corrected chi connectivity index (χ0v) is 18.6. The molecule has 0 spiro atoms. The molecule has 0 atom stereocenters. The Balaban J connectivity index is 0.000000265. The van der Waals surface area contributed by atoms with Crippen LogP contribution in [0.3, 0.4) is 0 Å². The topological polar surface area (TPSA) is 73.2 Å². The predicted octanol–water partition coefficient (Wildman–Crippen LogP) is 6.23. The largest absolute Gasteiger partial charge is 0.365 e. The zero-order valence-electron chi connectivity index (χ0n) is 17.6. The molecule has 0 saturated carbocycles. The summed E-state index contributed by atoms with van der Waals surface area (Å²) in [5.41, 5.74) is 9.17. The summed E-state index contributed by atoms with van der Waals surface area (Å²) in [4.78, 5) is 19.1. The number of H-pyrrole nitrogens is 3. The molecule has 6 rings (SSSR count). The Morgan fingerprint density at radius 3 is 1.31 bits per heavy atom. The van der Waals surface area contributed by atoms with Crippen molar-refractivity contribution < 1.29 is 16.5 Å². The Labute approximate surface area is 196 Å². The molecule has 2 aliphatic heterocycles. The van der Waals surface area contributed by atoms with E-state index in [0.29, 0.717) is 0 Å². The van der Waals surface area contributed by atoms with Gasteiger partial charge in [0.1, 0.15) is 0 Å². The van der Waals surface area contributed by atoms with E-state index in [1.165, 1.54) is 5.69 Å². The van der Waals surface area contributed by atoms with Gasteiger partial charge in [-0.25, -0.2) is 9.97 Å². The van der Waals surface area contributed by atoms with E-state index in [1.807, 2.05) is 60.8 Å². The van der Waals surface area contributed by atoms with Crippen LogP contribution in [0.15, 0.2) is 66.9 Å². The van der Waals surface area contributed by atoms with Crippen molar-refractivity contribution in [3.05, 3.63) is 95.3 Å². The summed E-state index contributed by atoms with van der Waals surface area (Å²) < 4.78 is 0. The molecule has 6 heterocycles. The van der Waals surface area contributed by atoms with Gasteiger partial charge in [0, 0.05) is 50.4 Å². The van der Waals surface area contributed by atoms with Crippen LogP contribution in [0, 0.1) is 0 Å². The van der Waals surface area contributed by atoms with Gasteiger partial charge in [-0.05, 0) is 91.4 Å². The summed E-state index contributed by atoms with van der Waals surface area (Å²) in [5.74, 6) is 0. The monoisotopic (exact) mass is 463 g/mol. The van der Waals surface area contributed by atoms with Crippen LogP contribution in [0.2, 0.25) is 0 Å². The van der Waals surface area contributed by atoms with E-state index in [1.54, 1.807) is 0 Å². The minimum atomic E-state index is 0. The van der Waals surface area contributed by atoms with Crippen molar-refractivity contribution in [2.24, 2.45) is 0 Å². The number of nitrogens with one attached hydrogen (secondary N) is 3. The average molecular weight is 464 g/mol. The minimum Gasteiger partial charge on any atom is -0.365 e. The number of aryl methyl sites for hydroxylation is 1. The first-order chi connectivity index (χ1) is 15.2. The molecule has 32 heavy (non-hydrogen) atoms. The first kappa shape index (κ1) is 21.6. The van der Waals surface area contributed by atoms with Gasteiger partial charge in [0.25, 0.3) is 0 Å². The van der Waals surface area contributed by atoms with Crippen molar-refractivity contribution >= 4 is 46.4 Å². The van der Waals surface area contributed by atoms with E-state index >= 15 is 0 Å². The fourth-order valence-electron chi connectivity index (χ4n) is 3.53. The summed E-state index contributed by atoms with van der Waals surface area (Å²) in [6, 6.07) is 20.5. The maximum absolute atomic E-state index is 4.63. The van der Waals surface area contributed by atoms with Crippen LogP contribution in [0.25, 0.3) is 46.4 Å². The van der Waals surface area contributed by atoms with Crippen LogP contribution in [-0.2, 0) is 22.9 Å². The van der Waals surface area contributed by atoms with E-state index in [0.717, 1.165) is 51.3 Å². The molecule has 4 aromatic rings. The predicted molar refractivity (Wildman–Crippen MR) is 129 cm³/mol. The Kier molecular flexibility index (Phi) is 6.53. The van der Waals surface area contributed by atoms with Crippen molar-refractivity contribution in [1.82, 2.24) is 24.9 Å². The second-order valence-electron chi connectivity index (χ2n) is 7.45. The fraction of sp³-hybridized carbons (Fsp3) is 0.0769. The average Bonchev–Trinajstić information content (AvgIpc) is 3.57. The van der Waals surface area contributed by atoms with E-state index in [-0.39, 0.29) is 16.5 Å². The number of nitrogens with zero attached hydrogens (tertiary/aromatic N) is 2. The Morgan fingerprint density at radius 1 is 0.625 bits per heavy atom. The third-order valence-electron chi connectivity index (χ3n) is 5.09. The molecule has 0 radical (unpaired) electrons. The maximum atomic E-state index is 4.63. The van der Waals surface area contributed by atoms with Gasteiger partial charge in [-0.3, -0.25) is 0 Å². The van der Waals surface area contributed by atoms with Crippen LogP contribution < -0.4 is 0 Å². The summed E-state index contributed by atoms with van der Waals surface area (Å²) >= 11 is 0. The summed E-state index contributed by atoms with van der Waals surface area (Å²) in [6.07, 6.45) is 11.1. The molecule has 3 N–H and O–H groups in total. The molecule has 0 fully saturated rings. The number of aromatic amines is 3. The van der Waals surface area contributed by atoms with E-state index < -0.39 is 0 Å². The van der Waals surface area contributed by atoms with Gasteiger partial charge in [0.2, 0.25) is 0 Å². The summed E-state index contributed by atoms with van der Waals surface area (Å²) in [7, 11) is 0. The van der Waals surface area contributed by atoms with Crippen LogP contribution in [0.4, 0.5) is 0 Å². The van der Waals surface area contributed by atoms with Crippen molar-refractivity contribution in [2.45, 2.75) is 13.3 Å². The Bertz CT molecular complexity index is 1250. The smallest absolute Gasteiger partial charge is 0.0658 e. The first-order valence-electron chi connectivity index (χ1n) is 10.4. The SMILES string of the molecule is C1=Cc2cc3ccc(cc4nc(cc5ccc(cc1n2)[nH]5)C=C4)[nH]3.CCc1ccc[nH]1.[Ni]. The number of fused-ring (bicyclic) bond motifs is 8. The molecule has 8 bridgehead atoms. The molecule has 5 nitrogen and oxygen atoms in total. The first-order valence-corrected chi connectivity index (χ1v) is 10.4. The van der Waals surface area contributed by atoms with Gasteiger partial charge in [0.05, 0.1) is 22.8 Å². The van der Waals surface area contributed by atoms with Crippen LogP contribution in [0.5, 0.6) is 0 Å². The molecule has 0 aliphatic carbocycles. The molecule has 2 aliphatic rings. The van der Waals surface area contributed by atoms with Crippen molar-refractivity contribution in [3.63, 3.8) is 0 Å². The molecular weight excluding hydrogens is 441 g/mol. The van der Waals surface area contributed by atoms with Crippen molar-refractivity contribution in [2.75, 3.05) is 0 Å². The van der Waals surface area contributed by atoms with Crippen LogP contribution in [-0.4, -0.2) is 24.9 Å². The van der Waals surface area contributed by atoms with Gasteiger partial charge in [-0.2, -0.15) is 0 Å². The number of hydrogen-bond acceptors (Lipinski definition) is 2. The third-order valence-corrected chi connectivity index (χ3v) is 5.09. The number of rotatable bonds is 1. The van der Waals surface area contributed by atoms with Crippen molar-refractivity contribution in [3.8, 4) is 0 Å². The van der Waals surface area contributed by atoms with Gasteiger partial charge in [0.15, 0.2) is 0 Å². The van der Waals surface area contributed by atoms with Crippen LogP contribution in [0.1, 0.15) is 35.4 Å². The number of hydrogen-bond donors (Lipinski definition) is 3. The molecule has 0 amide bonds. The molecule has 4 aromatic heterocycles. The standard InChI is InChI=1S/C20H14N4.C6H9N.Ni/c1-2-14-10-16-5-6-18(23-16)12-20-8-7-19(24-20)11-17-4-3-15(22-17)9-13(1)21-14;1-2-6-4-3-5-7-6;/h1-12,21,24H;3-5,7H,2H2,1H3;. The molecular formula is C26H23N5Ni. The van der Waals surface area contributed by atoms with Gasteiger partial charge in [-0.1, -0.05) is 6.92 Å². The molecule has 162 valence electrons. The fourth-order valence-corrected chi connectivity index (χ4v) is 3.53. The van der Waals surface area contributed by atoms with E-state index in [2.05, 4.69) is 62.2 Å². The summed E-state index contributed by atoms with van der Waals surface area (Å²) in [6.45, 7) is 2.13. The molecule has 6 heteroatoms. The molecule has 0 saturated heterocycles. The van der Waals surface area contributed by atoms with Gasteiger partial charge >= 0.3 is 0 Å². The Hall–Kier alpha value is -3.63. The normalized spacial score (nSPS) is 11.5. The second-order valence-corrected chi connectivity index (χ2v) is 7.45. The zero-order chi connectivity index (χ0) is 21.0. The quantitative estimate of drug-likeness (QED) is 0.253. The number of aromatic nitrogens is 5. The second kappa shape index (κ2) is 9.67. The molecule has 0 unspecified atom stereocenters. The van der Waals surface area contributed by atoms with Crippen molar-refractivity contribution in [1.29, 1.82) is 0 Å². The van der Waals surface area contributed by atoms with Gasteiger partial charge < -0.3 is 15.0 Å².